The van der Waals surface area contributed by atoms with Crippen LogP contribution in [-0.2, 0) is 9.59 Å². The minimum absolute atomic E-state index is 0.208. The molecule has 0 saturated carbocycles. The molecule has 0 fully saturated rings. The summed E-state index contributed by atoms with van der Waals surface area (Å²) in [5.41, 5.74) is 2.82. The molecule has 2 amide bonds. The van der Waals surface area contributed by atoms with Gasteiger partial charge in [-0.2, -0.15) is 5.10 Å². The lowest BCUT2D eigenvalue weighted by Gasteiger charge is -2.13. The SMILES string of the molecule is COc1ccc(/C=N/NC(=O)C(=O)Nc2cc(Cl)ccc2Cl)c(OC)c1OC. The molecule has 28 heavy (non-hydrogen) atoms. The van der Waals surface area contributed by atoms with E-state index in [0.717, 1.165) is 0 Å². The first-order chi connectivity index (χ1) is 13.4. The first kappa shape index (κ1) is 21.3. The van der Waals surface area contributed by atoms with Crippen LogP contribution in [0.5, 0.6) is 17.2 Å². The van der Waals surface area contributed by atoms with Gasteiger partial charge in [-0.15, -0.1) is 0 Å². The highest BCUT2D eigenvalue weighted by Gasteiger charge is 2.16. The number of hydrogen-bond donors (Lipinski definition) is 2. The molecule has 2 aromatic carbocycles. The topological polar surface area (TPSA) is 98.2 Å². The van der Waals surface area contributed by atoms with E-state index in [1.807, 2.05) is 0 Å². The Morgan fingerprint density at radius 2 is 1.68 bits per heavy atom. The molecule has 0 heterocycles. The van der Waals surface area contributed by atoms with Crippen LogP contribution in [0.3, 0.4) is 0 Å². The largest absolute Gasteiger partial charge is 0.493 e. The van der Waals surface area contributed by atoms with Crippen molar-refractivity contribution in [3.05, 3.63) is 45.9 Å². The Labute approximate surface area is 171 Å². The number of carbonyl (C=O) groups excluding carboxylic acids is 2. The van der Waals surface area contributed by atoms with Crippen LogP contribution in [0, 0.1) is 0 Å². The van der Waals surface area contributed by atoms with E-state index < -0.39 is 11.8 Å². The van der Waals surface area contributed by atoms with Gasteiger partial charge in [0.15, 0.2) is 11.5 Å². The number of methoxy groups -OCH3 is 3. The van der Waals surface area contributed by atoms with E-state index in [1.54, 1.807) is 18.2 Å². The number of amides is 2. The van der Waals surface area contributed by atoms with Gasteiger partial charge in [-0.3, -0.25) is 9.59 Å². The molecule has 2 aromatic rings. The van der Waals surface area contributed by atoms with Crippen molar-refractivity contribution in [2.75, 3.05) is 26.6 Å². The predicted molar refractivity (Wildman–Crippen MR) is 107 cm³/mol. The molecule has 0 saturated heterocycles. The quantitative estimate of drug-likeness (QED) is 0.420. The maximum atomic E-state index is 12.0. The van der Waals surface area contributed by atoms with Crippen molar-refractivity contribution in [3.8, 4) is 17.2 Å². The van der Waals surface area contributed by atoms with Crippen LogP contribution < -0.4 is 25.0 Å². The molecule has 0 atom stereocenters. The Kier molecular flexibility index (Phi) is 7.48. The van der Waals surface area contributed by atoms with Crippen LogP contribution in [0.25, 0.3) is 0 Å². The van der Waals surface area contributed by atoms with Gasteiger partial charge in [-0.1, -0.05) is 23.2 Å². The van der Waals surface area contributed by atoms with Crippen molar-refractivity contribution in [1.29, 1.82) is 0 Å². The molecule has 0 bridgehead atoms. The summed E-state index contributed by atoms with van der Waals surface area (Å²) in [4.78, 5) is 23.9. The van der Waals surface area contributed by atoms with E-state index in [2.05, 4.69) is 15.8 Å². The van der Waals surface area contributed by atoms with Crippen molar-refractivity contribution < 1.29 is 23.8 Å². The summed E-state index contributed by atoms with van der Waals surface area (Å²) >= 11 is 11.8. The molecule has 0 aliphatic rings. The number of anilines is 1. The van der Waals surface area contributed by atoms with E-state index in [1.165, 1.54) is 39.7 Å². The summed E-state index contributed by atoms with van der Waals surface area (Å²) in [5, 5.41) is 6.72. The average molecular weight is 426 g/mol. The van der Waals surface area contributed by atoms with Crippen molar-refractivity contribution in [2.24, 2.45) is 5.10 Å². The highest BCUT2D eigenvalue weighted by atomic mass is 35.5. The van der Waals surface area contributed by atoms with Gasteiger partial charge in [0.25, 0.3) is 0 Å². The Balaban J connectivity index is 2.09. The number of ether oxygens (including phenoxy) is 3. The first-order valence-electron chi connectivity index (χ1n) is 7.79. The zero-order valence-electron chi connectivity index (χ0n) is 15.2. The minimum atomic E-state index is -0.994. The maximum absolute atomic E-state index is 12.0. The number of carbonyl (C=O) groups is 2. The minimum Gasteiger partial charge on any atom is -0.493 e. The molecular weight excluding hydrogens is 409 g/mol. The number of halogens is 2. The Hall–Kier alpha value is -2.97. The lowest BCUT2D eigenvalue weighted by Crippen LogP contribution is -2.32. The molecule has 8 nitrogen and oxygen atoms in total. The third-order valence-electron chi connectivity index (χ3n) is 3.49. The van der Waals surface area contributed by atoms with Gasteiger partial charge < -0.3 is 19.5 Å². The Bertz CT molecular complexity index is 918. The van der Waals surface area contributed by atoms with Gasteiger partial charge in [0.1, 0.15) is 0 Å². The molecule has 2 N–H and O–H groups in total. The van der Waals surface area contributed by atoms with Gasteiger partial charge in [0.05, 0.1) is 38.3 Å². The molecule has 10 heteroatoms. The zero-order valence-corrected chi connectivity index (χ0v) is 16.7. The van der Waals surface area contributed by atoms with Crippen molar-refractivity contribution in [2.45, 2.75) is 0 Å². The predicted octanol–water partition coefficient (Wildman–Crippen LogP) is 3.11. The molecule has 0 aromatic heterocycles. The second-order valence-corrected chi connectivity index (χ2v) is 6.04. The van der Waals surface area contributed by atoms with Gasteiger partial charge in [0, 0.05) is 10.6 Å². The fourth-order valence-electron chi connectivity index (χ4n) is 2.21. The van der Waals surface area contributed by atoms with Crippen molar-refractivity contribution >= 4 is 46.9 Å². The summed E-state index contributed by atoms with van der Waals surface area (Å²) < 4.78 is 15.8. The second-order valence-electron chi connectivity index (χ2n) is 5.20. The van der Waals surface area contributed by atoms with Gasteiger partial charge in [-0.05, 0) is 30.3 Å². The smallest absolute Gasteiger partial charge is 0.329 e. The number of nitrogens with one attached hydrogen (secondary N) is 2. The van der Waals surface area contributed by atoms with Gasteiger partial charge in [0.2, 0.25) is 5.75 Å². The van der Waals surface area contributed by atoms with Crippen LogP contribution in [0.4, 0.5) is 5.69 Å². The van der Waals surface area contributed by atoms with Crippen molar-refractivity contribution in [1.82, 2.24) is 5.43 Å². The van der Waals surface area contributed by atoms with Crippen LogP contribution in [0.1, 0.15) is 5.56 Å². The number of rotatable bonds is 6. The summed E-state index contributed by atoms with van der Waals surface area (Å²) in [5.74, 6) is -0.755. The van der Waals surface area contributed by atoms with E-state index >= 15 is 0 Å². The Morgan fingerprint density at radius 3 is 2.32 bits per heavy atom. The lowest BCUT2D eigenvalue weighted by molar-refractivity contribution is -0.136. The number of hydrogen-bond acceptors (Lipinski definition) is 6. The third kappa shape index (κ3) is 5.05. The highest BCUT2D eigenvalue weighted by molar-refractivity contribution is 6.42. The maximum Gasteiger partial charge on any atom is 0.329 e. The number of hydrazone groups is 1. The van der Waals surface area contributed by atoms with Crippen molar-refractivity contribution in [3.63, 3.8) is 0 Å². The first-order valence-corrected chi connectivity index (χ1v) is 8.55. The van der Waals surface area contributed by atoms with E-state index in [-0.39, 0.29) is 10.7 Å². The van der Waals surface area contributed by atoms with Crippen LogP contribution >= 0.6 is 23.2 Å². The molecule has 0 aliphatic heterocycles. The molecule has 148 valence electrons. The summed E-state index contributed by atoms with van der Waals surface area (Å²) in [7, 11) is 4.42. The van der Waals surface area contributed by atoms with Crippen LogP contribution in [0.15, 0.2) is 35.4 Å². The molecule has 0 spiro atoms. The second kappa shape index (κ2) is 9.82. The summed E-state index contributed by atoms with van der Waals surface area (Å²) in [6.45, 7) is 0. The Morgan fingerprint density at radius 1 is 0.964 bits per heavy atom. The third-order valence-corrected chi connectivity index (χ3v) is 4.05. The number of benzene rings is 2. The highest BCUT2D eigenvalue weighted by Crippen LogP contribution is 2.38. The van der Waals surface area contributed by atoms with Gasteiger partial charge >= 0.3 is 11.8 Å². The van der Waals surface area contributed by atoms with Gasteiger partial charge in [-0.25, -0.2) is 5.43 Å². The van der Waals surface area contributed by atoms with E-state index in [9.17, 15) is 9.59 Å². The lowest BCUT2D eigenvalue weighted by atomic mass is 10.2. The monoisotopic (exact) mass is 425 g/mol. The molecule has 0 radical (unpaired) electrons. The molecule has 0 unspecified atom stereocenters. The summed E-state index contributed by atoms with van der Waals surface area (Å²) in [6.07, 6.45) is 1.30. The van der Waals surface area contributed by atoms with Crippen LogP contribution in [0.2, 0.25) is 10.0 Å². The standard InChI is InChI=1S/C18H17Cl2N3O5/c1-26-14-7-4-10(15(27-2)16(14)28-3)9-21-23-18(25)17(24)22-13-8-11(19)5-6-12(13)20/h4-9H,1-3H3,(H,22,24)(H,23,25)/b21-9+. The normalized spacial score (nSPS) is 10.5. The average Bonchev–Trinajstić information content (AvgIpc) is 2.69. The van der Waals surface area contributed by atoms with Crippen LogP contribution in [-0.4, -0.2) is 39.4 Å². The molecule has 2 rings (SSSR count). The van der Waals surface area contributed by atoms with E-state index in [0.29, 0.717) is 27.8 Å². The number of nitrogens with zero attached hydrogens (tertiary/aromatic N) is 1. The van der Waals surface area contributed by atoms with E-state index in [4.69, 9.17) is 37.4 Å². The fraction of sp³-hybridized carbons (Fsp3) is 0.167. The molecular formula is C18H17Cl2N3O5. The molecule has 0 aliphatic carbocycles. The fourth-order valence-corrected chi connectivity index (χ4v) is 2.55. The zero-order chi connectivity index (χ0) is 20.7. The summed E-state index contributed by atoms with van der Waals surface area (Å²) in [6, 6.07) is 7.78.